The second-order valence-electron chi connectivity index (χ2n) is 3.91. The Morgan fingerprint density at radius 1 is 1.05 bits per heavy atom. The van der Waals surface area contributed by atoms with E-state index < -0.39 is 17.6 Å². The Bertz CT molecular complexity index is 648. The normalized spacial score (nSPS) is 10.8. The topological polar surface area (TPSA) is 37.3 Å². The monoisotopic (exact) mass is 260 g/mol. The van der Waals surface area contributed by atoms with Crippen molar-refractivity contribution in [3.8, 4) is 11.1 Å². The van der Waals surface area contributed by atoms with E-state index in [1.807, 2.05) is 0 Å². The van der Waals surface area contributed by atoms with Gasteiger partial charge in [-0.3, -0.25) is 0 Å². The zero-order chi connectivity index (χ0) is 13.8. The highest BCUT2D eigenvalue weighted by Crippen LogP contribution is 2.26. The number of carboxylic acids is 1. The predicted octanol–water partition coefficient (Wildman–Crippen LogP) is 3.73. The van der Waals surface area contributed by atoms with E-state index in [1.54, 1.807) is 12.1 Å². The van der Waals surface area contributed by atoms with Gasteiger partial charge in [-0.2, -0.15) is 0 Å². The van der Waals surface area contributed by atoms with Gasteiger partial charge in [-0.25, -0.2) is 13.6 Å². The van der Waals surface area contributed by atoms with Crippen LogP contribution in [0.5, 0.6) is 0 Å². The maximum absolute atomic E-state index is 13.2. The lowest BCUT2D eigenvalue weighted by Gasteiger charge is -2.06. The number of hydrogen-bond donors (Lipinski definition) is 1. The van der Waals surface area contributed by atoms with Crippen molar-refractivity contribution in [2.24, 2.45) is 0 Å². The summed E-state index contributed by atoms with van der Waals surface area (Å²) >= 11 is 0. The maximum Gasteiger partial charge on any atom is 0.328 e. The van der Waals surface area contributed by atoms with E-state index in [-0.39, 0.29) is 0 Å². The predicted molar refractivity (Wildman–Crippen MR) is 68.5 cm³/mol. The molecule has 0 unspecified atom stereocenters. The van der Waals surface area contributed by atoms with E-state index in [9.17, 15) is 13.6 Å². The van der Waals surface area contributed by atoms with Crippen LogP contribution >= 0.6 is 0 Å². The fraction of sp³-hybridized carbons (Fsp3) is 0. The fourth-order valence-corrected chi connectivity index (χ4v) is 1.75. The second-order valence-corrected chi connectivity index (χ2v) is 3.91. The van der Waals surface area contributed by atoms with Gasteiger partial charge in [-0.1, -0.05) is 18.2 Å². The first-order valence-electron chi connectivity index (χ1n) is 5.53. The van der Waals surface area contributed by atoms with Crippen LogP contribution in [-0.2, 0) is 4.79 Å². The number of carboxylic acid groups (broad SMARTS) is 1. The second kappa shape index (κ2) is 5.44. The molecule has 0 heterocycles. The van der Waals surface area contributed by atoms with Crippen molar-refractivity contribution in [2.75, 3.05) is 0 Å². The van der Waals surface area contributed by atoms with Crippen molar-refractivity contribution in [1.82, 2.24) is 0 Å². The fourth-order valence-electron chi connectivity index (χ4n) is 1.75. The summed E-state index contributed by atoms with van der Waals surface area (Å²) in [5.74, 6) is -2.02. The minimum Gasteiger partial charge on any atom is -0.478 e. The molecule has 0 bridgehead atoms. The van der Waals surface area contributed by atoms with Crippen LogP contribution in [-0.4, -0.2) is 11.1 Å². The number of hydrogen-bond acceptors (Lipinski definition) is 1. The van der Waals surface area contributed by atoms with E-state index in [0.717, 1.165) is 6.08 Å². The lowest BCUT2D eigenvalue weighted by molar-refractivity contribution is -0.131. The van der Waals surface area contributed by atoms with Crippen LogP contribution in [0.25, 0.3) is 17.2 Å². The molecule has 0 radical (unpaired) electrons. The summed E-state index contributed by atoms with van der Waals surface area (Å²) in [7, 11) is 0. The highest BCUT2D eigenvalue weighted by molar-refractivity contribution is 5.87. The third-order valence-corrected chi connectivity index (χ3v) is 2.55. The first kappa shape index (κ1) is 13.0. The molecule has 1 N–H and O–H groups in total. The highest BCUT2D eigenvalue weighted by Gasteiger charge is 2.06. The van der Waals surface area contributed by atoms with Gasteiger partial charge in [0.1, 0.15) is 11.6 Å². The van der Waals surface area contributed by atoms with Crippen molar-refractivity contribution in [2.45, 2.75) is 0 Å². The molecule has 0 aliphatic rings. The Hall–Kier alpha value is -2.49. The number of aliphatic carboxylic acids is 1. The molecule has 0 aliphatic carbocycles. The molecule has 0 amide bonds. The molecule has 0 aliphatic heterocycles. The van der Waals surface area contributed by atoms with E-state index in [4.69, 9.17) is 5.11 Å². The molecule has 0 fully saturated rings. The molecule has 2 rings (SSSR count). The molecular weight excluding hydrogens is 250 g/mol. The molecule has 96 valence electrons. The van der Waals surface area contributed by atoms with Crippen LogP contribution in [0.3, 0.4) is 0 Å². The Morgan fingerprint density at radius 3 is 2.47 bits per heavy atom. The molecule has 0 saturated carbocycles. The highest BCUT2D eigenvalue weighted by atomic mass is 19.1. The summed E-state index contributed by atoms with van der Waals surface area (Å²) in [6, 6.07) is 9.78. The lowest BCUT2D eigenvalue weighted by atomic mass is 9.99. The third kappa shape index (κ3) is 3.25. The average molecular weight is 260 g/mol. The lowest BCUT2D eigenvalue weighted by Crippen LogP contribution is -1.89. The van der Waals surface area contributed by atoms with Crippen molar-refractivity contribution in [1.29, 1.82) is 0 Å². The molecule has 0 atom stereocenters. The number of rotatable bonds is 3. The van der Waals surface area contributed by atoms with Crippen LogP contribution in [0.15, 0.2) is 48.5 Å². The number of carbonyl (C=O) groups is 1. The van der Waals surface area contributed by atoms with Crippen molar-refractivity contribution in [3.63, 3.8) is 0 Å². The summed E-state index contributed by atoms with van der Waals surface area (Å²) in [4.78, 5) is 10.5. The Kier molecular flexibility index (Phi) is 3.71. The number of benzene rings is 2. The van der Waals surface area contributed by atoms with E-state index in [0.29, 0.717) is 16.7 Å². The molecule has 0 spiro atoms. The van der Waals surface area contributed by atoms with Crippen LogP contribution in [0.1, 0.15) is 5.56 Å². The van der Waals surface area contributed by atoms with Gasteiger partial charge in [0.05, 0.1) is 0 Å². The van der Waals surface area contributed by atoms with Gasteiger partial charge in [0.2, 0.25) is 0 Å². The first-order valence-corrected chi connectivity index (χ1v) is 5.53. The van der Waals surface area contributed by atoms with E-state index in [1.165, 1.54) is 36.4 Å². The van der Waals surface area contributed by atoms with Gasteiger partial charge >= 0.3 is 5.97 Å². The molecule has 2 nitrogen and oxygen atoms in total. The Labute approximate surface area is 108 Å². The zero-order valence-electron chi connectivity index (χ0n) is 9.81. The van der Waals surface area contributed by atoms with Gasteiger partial charge in [-0.15, -0.1) is 0 Å². The molecule has 19 heavy (non-hydrogen) atoms. The van der Waals surface area contributed by atoms with Gasteiger partial charge in [0.25, 0.3) is 0 Å². The van der Waals surface area contributed by atoms with E-state index in [2.05, 4.69) is 0 Å². The van der Waals surface area contributed by atoms with Crippen LogP contribution in [0.4, 0.5) is 8.78 Å². The van der Waals surface area contributed by atoms with Gasteiger partial charge < -0.3 is 5.11 Å². The average Bonchev–Trinajstić information content (AvgIpc) is 2.36. The van der Waals surface area contributed by atoms with Gasteiger partial charge in [-0.05, 0) is 47.0 Å². The Balaban J connectivity index is 2.53. The van der Waals surface area contributed by atoms with E-state index >= 15 is 0 Å². The van der Waals surface area contributed by atoms with Gasteiger partial charge in [0, 0.05) is 6.08 Å². The summed E-state index contributed by atoms with van der Waals surface area (Å²) in [6.07, 6.45) is 2.20. The minimum absolute atomic E-state index is 0.382. The number of halogens is 2. The maximum atomic E-state index is 13.2. The summed E-state index contributed by atoms with van der Waals surface area (Å²) < 4.78 is 26.4. The van der Waals surface area contributed by atoms with Gasteiger partial charge in [0.15, 0.2) is 0 Å². The SMILES string of the molecule is O=C(O)C=Cc1cc(F)ccc1-c1cccc(F)c1. The molecule has 4 heteroatoms. The van der Waals surface area contributed by atoms with Crippen LogP contribution < -0.4 is 0 Å². The molecule has 2 aromatic carbocycles. The molecule has 0 aromatic heterocycles. The van der Waals surface area contributed by atoms with Crippen molar-refractivity contribution >= 4 is 12.0 Å². The molecular formula is C15H10F2O2. The van der Waals surface area contributed by atoms with Crippen LogP contribution in [0, 0.1) is 11.6 Å². The van der Waals surface area contributed by atoms with Crippen molar-refractivity contribution in [3.05, 3.63) is 65.7 Å². The summed E-state index contributed by atoms with van der Waals surface area (Å²) in [5.41, 5.74) is 1.51. The Morgan fingerprint density at radius 2 is 1.79 bits per heavy atom. The van der Waals surface area contributed by atoms with Crippen LogP contribution in [0.2, 0.25) is 0 Å². The minimum atomic E-state index is -1.13. The third-order valence-electron chi connectivity index (χ3n) is 2.55. The molecule has 0 saturated heterocycles. The standard InChI is InChI=1S/C15H10F2O2/c16-12-3-1-2-10(8-12)14-6-5-13(17)9-11(14)4-7-15(18)19/h1-9H,(H,18,19). The molecule has 2 aromatic rings. The summed E-state index contributed by atoms with van der Waals surface area (Å²) in [6.45, 7) is 0. The first-order chi connectivity index (χ1) is 9.06. The zero-order valence-corrected chi connectivity index (χ0v) is 9.81. The largest absolute Gasteiger partial charge is 0.478 e. The summed E-state index contributed by atoms with van der Waals surface area (Å²) in [5, 5.41) is 8.61. The quantitative estimate of drug-likeness (QED) is 0.854. The van der Waals surface area contributed by atoms with Crippen molar-refractivity contribution < 1.29 is 18.7 Å². The smallest absolute Gasteiger partial charge is 0.328 e.